The summed E-state index contributed by atoms with van der Waals surface area (Å²) >= 11 is 0. The summed E-state index contributed by atoms with van der Waals surface area (Å²) in [4.78, 5) is 15.4. The lowest BCUT2D eigenvalue weighted by atomic mass is 9.97. The summed E-state index contributed by atoms with van der Waals surface area (Å²) in [7, 11) is 0. The summed E-state index contributed by atoms with van der Waals surface area (Å²) in [5.74, 6) is 0.768. The van der Waals surface area contributed by atoms with Crippen LogP contribution in [-0.2, 0) is 9.53 Å². The Balaban J connectivity index is 1.78. The molecule has 1 amide bonds. The van der Waals surface area contributed by atoms with Crippen molar-refractivity contribution in [3.63, 3.8) is 0 Å². The number of piperidine rings is 1. The standard InChI is InChI=1S/C25H42N2O3/c1-5-7-16-25(4,30-19-6-2)24(28)26-22-12-14-23(15-13-22)29-20-10-18-27-17-9-8-11-21(27)3/h12-15,21H,5-11,16-20H2,1-4H3,(H,26,28)/t21-,25+/m0/s1. The first-order valence-electron chi connectivity index (χ1n) is 11.9. The average molecular weight is 419 g/mol. The first-order valence-corrected chi connectivity index (χ1v) is 11.9. The molecule has 0 bridgehead atoms. The number of ether oxygens (including phenoxy) is 2. The second kappa shape index (κ2) is 13.0. The van der Waals surface area contributed by atoms with E-state index in [1.165, 1.54) is 25.8 Å². The number of nitrogens with zero attached hydrogens (tertiary/aromatic N) is 1. The molecule has 0 aromatic heterocycles. The number of rotatable bonds is 13. The van der Waals surface area contributed by atoms with Gasteiger partial charge in [-0.1, -0.05) is 33.1 Å². The van der Waals surface area contributed by atoms with Gasteiger partial charge in [0.1, 0.15) is 11.4 Å². The van der Waals surface area contributed by atoms with Crippen molar-refractivity contribution < 1.29 is 14.3 Å². The predicted molar refractivity (Wildman–Crippen MR) is 124 cm³/mol. The van der Waals surface area contributed by atoms with Crippen molar-refractivity contribution in [2.24, 2.45) is 0 Å². The van der Waals surface area contributed by atoms with Crippen LogP contribution >= 0.6 is 0 Å². The van der Waals surface area contributed by atoms with Gasteiger partial charge in [-0.3, -0.25) is 4.79 Å². The number of hydrogen-bond acceptors (Lipinski definition) is 4. The van der Waals surface area contributed by atoms with Crippen molar-refractivity contribution in [1.29, 1.82) is 0 Å². The van der Waals surface area contributed by atoms with Crippen molar-refractivity contribution in [3.05, 3.63) is 24.3 Å². The Morgan fingerprint density at radius 1 is 1.13 bits per heavy atom. The molecule has 170 valence electrons. The first kappa shape index (κ1) is 24.7. The number of hydrogen-bond donors (Lipinski definition) is 1. The number of unbranched alkanes of at least 4 members (excludes halogenated alkanes) is 1. The summed E-state index contributed by atoms with van der Waals surface area (Å²) in [6.07, 6.45) is 8.67. The van der Waals surface area contributed by atoms with Gasteiger partial charge < -0.3 is 19.7 Å². The lowest BCUT2D eigenvalue weighted by molar-refractivity contribution is -0.140. The Morgan fingerprint density at radius 3 is 2.57 bits per heavy atom. The second-order valence-electron chi connectivity index (χ2n) is 8.74. The maximum Gasteiger partial charge on any atom is 0.256 e. The third-order valence-corrected chi connectivity index (χ3v) is 6.02. The predicted octanol–water partition coefficient (Wildman–Crippen LogP) is 5.64. The van der Waals surface area contributed by atoms with Gasteiger partial charge in [0.05, 0.1) is 6.61 Å². The number of nitrogens with one attached hydrogen (secondary N) is 1. The number of carbonyl (C=O) groups excluding carboxylic acids is 1. The zero-order valence-electron chi connectivity index (χ0n) is 19.5. The molecule has 1 N–H and O–H groups in total. The fourth-order valence-corrected chi connectivity index (χ4v) is 3.94. The van der Waals surface area contributed by atoms with Gasteiger partial charge in [0, 0.05) is 24.9 Å². The second-order valence-corrected chi connectivity index (χ2v) is 8.74. The van der Waals surface area contributed by atoms with Crippen molar-refractivity contribution >= 4 is 11.6 Å². The van der Waals surface area contributed by atoms with Crippen LogP contribution in [0.4, 0.5) is 5.69 Å². The van der Waals surface area contributed by atoms with Gasteiger partial charge in [0.25, 0.3) is 5.91 Å². The van der Waals surface area contributed by atoms with Gasteiger partial charge in [0.2, 0.25) is 0 Å². The van der Waals surface area contributed by atoms with E-state index in [-0.39, 0.29) is 5.91 Å². The molecule has 1 saturated heterocycles. The van der Waals surface area contributed by atoms with E-state index in [0.717, 1.165) is 56.7 Å². The molecular formula is C25H42N2O3. The monoisotopic (exact) mass is 418 g/mol. The van der Waals surface area contributed by atoms with Gasteiger partial charge >= 0.3 is 0 Å². The molecule has 1 aliphatic heterocycles. The maximum atomic E-state index is 12.8. The number of carbonyl (C=O) groups is 1. The highest BCUT2D eigenvalue weighted by atomic mass is 16.5. The van der Waals surface area contributed by atoms with Gasteiger partial charge in [-0.25, -0.2) is 0 Å². The summed E-state index contributed by atoms with van der Waals surface area (Å²) < 4.78 is 11.8. The fraction of sp³-hybridized carbons (Fsp3) is 0.720. The molecule has 30 heavy (non-hydrogen) atoms. The topological polar surface area (TPSA) is 50.8 Å². The van der Waals surface area contributed by atoms with Crippen LogP contribution in [0.5, 0.6) is 5.75 Å². The summed E-state index contributed by atoms with van der Waals surface area (Å²) in [5.41, 5.74) is -0.00965. The lowest BCUT2D eigenvalue weighted by Crippen LogP contribution is -2.43. The molecule has 5 nitrogen and oxygen atoms in total. The molecule has 1 aliphatic rings. The van der Waals surface area contributed by atoms with E-state index in [1.54, 1.807) is 0 Å². The van der Waals surface area contributed by atoms with E-state index in [4.69, 9.17) is 9.47 Å². The largest absolute Gasteiger partial charge is 0.494 e. The van der Waals surface area contributed by atoms with E-state index in [2.05, 4.69) is 31.0 Å². The van der Waals surface area contributed by atoms with Crippen LogP contribution in [0.15, 0.2) is 24.3 Å². The highest BCUT2D eigenvalue weighted by molar-refractivity contribution is 5.97. The molecule has 2 atom stereocenters. The van der Waals surface area contributed by atoms with Crippen molar-refractivity contribution in [2.75, 3.05) is 31.6 Å². The Labute approximate surface area is 183 Å². The zero-order valence-corrected chi connectivity index (χ0v) is 19.5. The van der Waals surface area contributed by atoms with Gasteiger partial charge in [-0.2, -0.15) is 0 Å². The molecule has 0 aliphatic carbocycles. The summed E-state index contributed by atoms with van der Waals surface area (Å²) in [6, 6.07) is 8.36. The van der Waals surface area contributed by atoms with Crippen LogP contribution in [-0.4, -0.2) is 48.8 Å². The van der Waals surface area contributed by atoms with Gasteiger partial charge in [-0.15, -0.1) is 0 Å². The maximum absolute atomic E-state index is 12.8. The molecule has 2 rings (SSSR count). The summed E-state index contributed by atoms with van der Waals surface area (Å²) in [5, 5.41) is 3.02. The van der Waals surface area contributed by atoms with E-state index in [1.807, 2.05) is 31.2 Å². The van der Waals surface area contributed by atoms with E-state index >= 15 is 0 Å². The van der Waals surface area contributed by atoms with Crippen molar-refractivity contribution in [3.8, 4) is 5.75 Å². The minimum Gasteiger partial charge on any atom is -0.494 e. The lowest BCUT2D eigenvalue weighted by Gasteiger charge is -2.33. The van der Waals surface area contributed by atoms with Crippen LogP contribution in [0.2, 0.25) is 0 Å². The van der Waals surface area contributed by atoms with Crippen LogP contribution in [0, 0.1) is 0 Å². The molecular weight excluding hydrogens is 376 g/mol. The Kier molecular flexibility index (Phi) is 10.7. The third kappa shape index (κ3) is 7.92. The first-order chi connectivity index (χ1) is 14.5. The molecule has 1 aromatic rings. The molecule has 1 aromatic carbocycles. The smallest absolute Gasteiger partial charge is 0.256 e. The third-order valence-electron chi connectivity index (χ3n) is 6.02. The molecule has 1 heterocycles. The molecule has 0 saturated carbocycles. The highest BCUT2D eigenvalue weighted by Crippen LogP contribution is 2.23. The summed E-state index contributed by atoms with van der Waals surface area (Å²) in [6.45, 7) is 12.0. The molecule has 0 unspecified atom stereocenters. The van der Waals surface area contributed by atoms with Crippen LogP contribution in [0.3, 0.4) is 0 Å². The van der Waals surface area contributed by atoms with E-state index in [0.29, 0.717) is 12.6 Å². The zero-order chi connectivity index (χ0) is 21.8. The van der Waals surface area contributed by atoms with Crippen molar-refractivity contribution in [2.45, 2.75) is 90.7 Å². The Hall–Kier alpha value is -1.59. The Morgan fingerprint density at radius 2 is 1.90 bits per heavy atom. The van der Waals surface area contributed by atoms with E-state index < -0.39 is 5.60 Å². The minimum absolute atomic E-state index is 0.0753. The SMILES string of the molecule is CCCC[C@@](C)(OCCC)C(=O)Nc1ccc(OCCCN2CCCC[C@@H]2C)cc1. The van der Waals surface area contributed by atoms with E-state index in [9.17, 15) is 4.79 Å². The average Bonchev–Trinajstić information content (AvgIpc) is 2.76. The van der Waals surface area contributed by atoms with Crippen LogP contribution in [0.1, 0.15) is 79.1 Å². The molecule has 0 radical (unpaired) electrons. The quantitative estimate of drug-likeness (QED) is 0.421. The molecule has 1 fully saturated rings. The number of anilines is 1. The fourth-order valence-electron chi connectivity index (χ4n) is 3.94. The highest BCUT2D eigenvalue weighted by Gasteiger charge is 2.33. The minimum atomic E-state index is -0.785. The number of likely N-dealkylation sites (tertiary alicyclic amines) is 1. The van der Waals surface area contributed by atoms with Crippen LogP contribution in [0.25, 0.3) is 0 Å². The van der Waals surface area contributed by atoms with Crippen LogP contribution < -0.4 is 10.1 Å². The van der Waals surface area contributed by atoms with Gasteiger partial charge in [-0.05, 0) is 76.8 Å². The van der Waals surface area contributed by atoms with Gasteiger partial charge in [0.15, 0.2) is 0 Å². The van der Waals surface area contributed by atoms with Crippen molar-refractivity contribution in [1.82, 2.24) is 4.90 Å². The number of benzene rings is 1. The normalized spacial score (nSPS) is 19.3. The molecule has 5 heteroatoms. The number of amides is 1. The Bertz CT molecular complexity index is 609. The molecule has 0 spiro atoms.